The topological polar surface area (TPSA) is 79.8 Å². The molecule has 1 aromatic heterocycles. The summed E-state index contributed by atoms with van der Waals surface area (Å²) in [5.41, 5.74) is 3.83. The van der Waals surface area contributed by atoms with E-state index in [2.05, 4.69) is 4.98 Å². The van der Waals surface area contributed by atoms with Crippen LogP contribution >= 0.6 is 0 Å². The smallest absolute Gasteiger partial charge is 0.265 e. The number of rotatable bonds is 2. The summed E-state index contributed by atoms with van der Waals surface area (Å²) in [4.78, 5) is 13.9. The van der Waals surface area contributed by atoms with E-state index in [1.54, 1.807) is 0 Å². The van der Waals surface area contributed by atoms with Crippen molar-refractivity contribution in [2.24, 2.45) is 0 Å². The Kier molecular flexibility index (Phi) is 2.72. The van der Waals surface area contributed by atoms with Gasteiger partial charge in [-0.1, -0.05) is 0 Å². The molecule has 0 aromatic carbocycles. The molecule has 2 N–H and O–H groups in total. The van der Waals surface area contributed by atoms with Crippen molar-refractivity contribution in [3.63, 3.8) is 0 Å². The molecule has 0 radical (unpaired) electrons. The number of nitriles is 1. The maximum absolute atomic E-state index is 12.4. The van der Waals surface area contributed by atoms with Gasteiger partial charge in [0.2, 0.25) is 0 Å². The summed E-state index contributed by atoms with van der Waals surface area (Å²) in [6.45, 7) is 0. The van der Waals surface area contributed by atoms with Crippen LogP contribution in [-0.4, -0.2) is 11.3 Å². The molecule has 0 unspecified atom stereocenters. The van der Waals surface area contributed by atoms with E-state index >= 15 is 0 Å². The number of nitrogen functional groups attached to an aromatic ring is 1. The Labute approximate surface area is 78.0 Å². The SMILES string of the molecule is N#Cc1c(C(F)F)cc(N)nc1C=O. The van der Waals surface area contributed by atoms with Crippen molar-refractivity contribution >= 4 is 12.1 Å². The third kappa shape index (κ3) is 1.66. The van der Waals surface area contributed by atoms with Crippen LogP contribution in [0.15, 0.2) is 6.07 Å². The number of hydrogen-bond acceptors (Lipinski definition) is 4. The molecule has 1 rings (SSSR count). The van der Waals surface area contributed by atoms with E-state index in [9.17, 15) is 13.6 Å². The maximum atomic E-state index is 12.4. The minimum atomic E-state index is -2.85. The van der Waals surface area contributed by atoms with E-state index in [-0.39, 0.29) is 17.8 Å². The van der Waals surface area contributed by atoms with Gasteiger partial charge in [0.05, 0.1) is 5.56 Å². The van der Waals surface area contributed by atoms with E-state index in [1.807, 2.05) is 0 Å². The molecule has 14 heavy (non-hydrogen) atoms. The van der Waals surface area contributed by atoms with Crippen LogP contribution in [0.3, 0.4) is 0 Å². The van der Waals surface area contributed by atoms with Crippen LogP contribution in [0, 0.1) is 11.3 Å². The number of aromatic nitrogens is 1. The number of nitrogens with two attached hydrogens (primary N) is 1. The quantitative estimate of drug-likeness (QED) is 0.724. The van der Waals surface area contributed by atoms with E-state index in [0.717, 1.165) is 6.07 Å². The summed E-state index contributed by atoms with van der Waals surface area (Å²) in [6, 6.07) is 2.38. The second-order valence-electron chi connectivity index (χ2n) is 2.43. The lowest BCUT2D eigenvalue weighted by atomic mass is 10.1. The number of pyridine rings is 1. The Morgan fingerprint density at radius 2 is 2.29 bits per heavy atom. The highest BCUT2D eigenvalue weighted by atomic mass is 19.3. The van der Waals surface area contributed by atoms with Gasteiger partial charge in [0.25, 0.3) is 6.43 Å². The molecule has 0 aliphatic heterocycles. The Bertz CT molecular complexity index is 412. The lowest BCUT2D eigenvalue weighted by Crippen LogP contribution is -2.03. The number of anilines is 1. The van der Waals surface area contributed by atoms with Gasteiger partial charge in [-0.2, -0.15) is 5.26 Å². The molecule has 0 amide bonds. The first-order chi connectivity index (χ1) is 6.60. The Hall–Kier alpha value is -2.03. The van der Waals surface area contributed by atoms with Gasteiger partial charge in [0, 0.05) is 5.56 Å². The van der Waals surface area contributed by atoms with Gasteiger partial charge in [-0.05, 0) is 6.07 Å². The van der Waals surface area contributed by atoms with Crippen molar-refractivity contribution < 1.29 is 13.6 Å². The molecule has 1 aromatic rings. The highest BCUT2D eigenvalue weighted by Crippen LogP contribution is 2.25. The number of alkyl halides is 2. The van der Waals surface area contributed by atoms with Gasteiger partial charge in [-0.3, -0.25) is 4.79 Å². The molecule has 0 saturated heterocycles. The van der Waals surface area contributed by atoms with Gasteiger partial charge in [0.15, 0.2) is 6.29 Å². The van der Waals surface area contributed by atoms with E-state index < -0.39 is 17.6 Å². The molecule has 0 fully saturated rings. The van der Waals surface area contributed by atoms with Crippen molar-refractivity contribution in [1.82, 2.24) is 4.98 Å². The molecule has 0 bridgehead atoms. The summed E-state index contributed by atoms with van der Waals surface area (Å²) < 4.78 is 24.7. The van der Waals surface area contributed by atoms with Crippen LogP contribution in [0.25, 0.3) is 0 Å². The number of aldehydes is 1. The molecule has 1 heterocycles. The summed E-state index contributed by atoms with van der Waals surface area (Å²) in [5, 5.41) is 8.55. The van der Waals surface area contributed by atoms with Crippen molar-refractivity contribution in [2.45, 2.75) is 6.43 Å². The maximum Gasteiger partial charge on any atom is 0.265 e. The Morgan fingerprint density at radius 1 is 1.64 bits per heavy atom. The Balaban J connectivity index is 3.49. The van der Waals surface area contributed by atoms with Gasteiger partial charge < -0.3 is 5.73 Å². The predicted octanol–water partition coefficient (Wildman–Crippen LogP) is 1.29. The molecule has 72 valence electrons. The van der Waals surface area contributed by atoms with Crippen LogP contribution < -0.4 is 5.73 Å². The van der Waals surface area contributed by atoms with Gasteiger partial charge in [-0.25, -0.2) is 13.8 Å². The first-order valence-corrected chi connectivity index (χ1v) is 3.54. The molecule has 0 aliphatic carbocycles. The average Bonchev–Trinajstić information content (AvgIpc) is 2.16. The van der Waals surface area contributed by atoms with Gasteiger partial charge >= 0.3 is 0 Å². The average molecular weight is 197 g/mol. The summed E-state index contributed by atoms with van der Waals surface area (Å²) in [6.07, 6.45) is -2.63. The number of hydrogen-bond donors (Lipinski definition) is 1. The van der Waals surface area contributed by atoms with Crippen LogP contribution in [0.1, 0.15) is 28.0 Å². The number of halogens is 2. The Morgan fingerprint density at radius 3 is 2.71 bits per heavy atom. The number of nitrogens with zero attached hydrogens (tertiary/aromatic N) is 2. The summed E-state index contributed by atoms with van der Waals surface area (Å²) in [7, 11) is 0. The highest BCUT2D eigenvalue weighted by Gasteiger charge is 2.18. The zero-order valence-corrected chi connectivity index (χ0v) is 6.87. The molecular weight excluding hydrogens is 192 g/mol. The molecule has 0 atom stereocenters. The number of carbonyl (C=O) groups is 1. The summed E-state index contributed by atoms with van der Waals surface area (Å²) >= 11 is 0. The van der Waals surface area contributed by atoms with Crippen molar-refractivity contribution in [3.8, 4) is 6.07 Å². The molecule has 0 spiro atoms. The van der Waals surface area contributed by atoms with E-state index in [1.165, 1.54) is 6.07 Å². The van der Waals surface area contributed by atoms with Crippen LogP contribution in [-0.2, 0) is 0 Å². The van der Waals surface area contributed by atoms with Crippen LogP contribution in [0.4, 0.5) is 14.6 Å². The van der Waals surface area contributed by atoms with E-state index in [4.69, 9.17) is 11.0 Å². The van der Waals surface area contributed by atoms with Gasteiger partial charge in [0.1, 0.15) is 17.6 Å². The third-order valence-electron chi connectivity index (χ3n) is 1.56. The third-order valence-corrected chi connectivity index (χ3v) is 1.56. The minimum Gasteiger partial charge on any atom is -0.384 e. The fourth-order valence-electron chi connectivity index (χ4n) is 0.986. The fraction of sp³-hybridized carbons (Fsp3) is 0.125. The van der Waals surface area contributed by atoms with Crippen LogP contribution in [0.5, 0.6) is 0 Å². The molecule has 0 aliphatic rings. The van der Waals surface area contributed by atoms with E-state index in [0.29, 0.717) is 0 Å². The molecule has 4 nitrogen and oxygen atoms in total. The summed E-state index contributed by atoms with van der Waals surface area (Å²) in [5.74, 6) is -0.207. The zero-order valence-electron chi connectivity index (χ0n) is 6.87. The molecule has 6 heteroatoms. The molecule has 0 saturated carbocycles. The standard InChI is InChI=1S/C8H5F2N3O/c9-8(10)4-1-7(12)13-6(3-14)5(4)2-11/h1,3,8H,(H2,12,13). The minimum absolute atomic E-state index is 0.207. The normalized spacial score (nSPS) is 9.86. The first kappa shape index (κ1) is 10.1. The van der Waals surface area contributed by atoms with Crippen LogP contribution in [0.2, 0.25) is 0 Å². The number of carbonyl (C=O) groups excluding carboxylic acids is 1. The monoisotopic (exact) mass is 197 g/mol. The second-order valence-corrected chi connectivity index (χ2v) is 2.43. The largest absolute Gasteiger partial charge is 0.384 e. The second kappa shape index (κ2) is 3.79. The molecular formula is C8H5F2N3O. The van der Waals surface area contributed by atoms with Crippen molar-refractivity contribution in [3.05, 3.63) is 22.9 Å². The lowest BCUT2D eigenvalue weighted by Gasteiger charge is -2.05. The predicted molar refractivity (Wildman–Crippen MR) is 43.7 cm³/mol. The first-order valence-electron chi connectivity index (χ1n) is 3.54. The van der Waals surface area contributed by atoms with Gasteiger partial charge in [-0.15, -0.1) is 0 Å². The highest BCUT2D eigenvalue weighted by molar-refractivity contribution is 5.78. The lowest BCUT2D eigenvalue weighted by molar-refractivity contribution is 0.111. The fourth-order valence-corrected chi connectivity index (χ4v) is 0.986. The zero-order chi connectivity index (χ0) is 10.7. The van der Waals surface area contributed by atoms with Crippen molar-refractivity contribution in [1.29, 1.82) is 5.26 Å². The van der Waals surface area contributed by atoms with Crippen molar-refractivity contribution in [2.75, 3.05) is 5.73 Å².